The van der Waals surface area contributed by atoms with Crippen molar-refractivity contribution in [1.82, 2.24) is 20.3 Å². The SMILES string of the molecule is CCC(CC)NCc1cn(CCO)nn1. The van der Waals surface area contributed by atoms with Crippen molar-refractivity contribution < 1.29 is 5.11 Å². The maximum absolute atomic E-state index is 8.72. The summed E-state index contributed by atoms with van der Waals surface area (Å²) >= 11 is 0. The molecule has 5 heteroatoms. The molecule has 0 saturated carbocycles. The maximum Gasteiger partial charge on any atom is 0.0964 e. The summed E-state index contributed by atoms with van der Waals surface area (Å²) in [7, 11) is 0. The van der Waals surface area contributed by atoms with E-state index in [0.717, 1.165) is 25.1 Å². The number of hydrogen-bond acceptors (Lipinski definition) is 4. The van der Waals surface area contributed by atoms with Gasteiger partial charge in [0.15, 0.2) is 0 Å². The summed E-state index contributed by atoms with van der Waals surface area (Å²) in [5, 5.41) is 20.0. The number of aliphatic hydroxyl groups excluding tert-OH is 1. The van der Waals surface area contributed by atoms with Gasteiger partial charge in [0.25, 0.3) is 0 Å². The Kier molecular flexibility index (Phi) is 5.28. The summed E-state index contributed by atoms with van der Waals surface area (Å²) in [6.45, 7) is 5.70. The fourth-order valence-electron chi connectivity index (χ4n) is 1.46. The van der Waals surface area contributed by atoms with Gasteiger partial charge in [0.1, 0.15) is 0 Å². The predicted octanol–water partition coefficient (Wildman–Crippen LogP) is 0.549. The number of aromatic nitrogens is 3. The van der Waals surface area contributed by atoms with Crippen LogP contribution in [-0.2, 0) is 13.1 Å². The Balaban J connectivity index is 2.36. The van der Waals surface area contributed by atoms with E-state index in [1.54, 1.807) is 4.68 Å². The Morgan fingerprint density at radius 3 is 2.80 bits per heavy atom. The van der Waals surface area contributed by atoms with E-state index in [2.05, 4.69) is 29.5 Å². The molecule has 0 aliphatic heterocycles. The molecule has 1 aromatic rings. The van der Waals surface area contributed by atoms with Crippen molar-refractivity contribution in [2.45, 2.75) is 45.8 Å². The average Bonchev–Trinajstić information content (AvgIpc) is 2.68. The predicted molar refractivity (Wildman–Crippen MR) is 58.3 cm³/mol. The van der Waals surface area contributed by atoms with Crippen LogP contribution in [0.4, 0.5) is 0 Å². The fraction of sp³-hybridized carbons (Fsp3) is 0.800. The number of nitrogens with zero attached hydrogens (tertiary/aromatic N) is 3. The Morgan fingerprint density at radius 1 is 1.47 bits per heavy atom. The van der Waals surface area contributed by atoms with Crippen LogP contribution in [0.3, 0.4) is 0 Å². The molecule has 0 aliphatic carbocycles. The van der Waals surface area contributed by atoms with Crippen molar-refractivity contribution in [3.8, 4) is 0 Å². The van der Waals surface area contributed by atoms with Crippen molar-refractivity contribution in [2.24, 2.45) is 0 Å². The van der Waals surface area contributed by atoms with Crippen molar-refractivity contribution in [3.05, 3.63) is 11.9 Å². The van der Waals surface area contributed by atoms with Gasteiger partial charge in [0, 0.05) is 18.8 Å². The minimum atomic E-state index is 0.1000. The minimum Gasteiger partial charge on any atom is -0.394 e. The second-order valence-corrected chi connectivity index (χ2v) is 3.59. The molecule has 0 aliphatic rings. The standard InChI is InChI=1S/C10H20N4O/c1-3-9(4-2)11-7-10-8-14(5-6-15)13-12-10/h8-9,11,15H,3-7H2,1-2H3. The van der Waals surface area contributed by atoms with Crippen molar-refractivity contribution in [2.75, 3.05) is 6.61 Å². The Bertz CT molecular complexity index is 270. The molecule has 0 unspecified atom stereocenters. The average molecular weight is 212 g/mol. The lowest BCUT2D eigenvalue weighted by atomic mass is 10.2. The van der Waals surface area contributed by atoms with E-state index in [0.29, 0.717) is 12.6 Å². The molecule has 0 aromatic carbocycles. The van der Waals surface area contributed by atoms with Gasteiger partial charge in [0.05, 0.1) is 18.8 Å². The Morgan fingerprint density at radius 2 is 2.20 bits per heavy atom. The molecule has 0 spiro atoms. The van der Waals surface area contributed by atoms with Crippen LogP contribution in [-0.4, -0.2) is 32.7 Å². The first-order chi connectivity index (χ1) is 7.30. The second kappa shape index (κ2) is 6.53. The Hall–Kier alpha value is -0.940. The van der Waals surface area contributed by atoms with Crippen LogP contribution >= 0.6 is 0 Å². The van der Waals surface area contributed by atoms with Gasteiger partial charge in [-0.05, 0) is 12.8 Å². The largest absolute Gasteiger partial charge is 0.394 e. The Labute approximate surface area is 90.5 Å². The molecule has 2 N–H and O–H groups in total. The summed E-state index contributed by atoms with van der Waals surface area (Å²) < 4.78 is 1.66. The summed E-state index contributed by atoms with van der Waals surface area (Å²) in [4.78, 5) is 0. The molecule has 0 bridgehead atoms. The van der Waals surface area contributed by atoms with Crippen molar-refractivity contribution >= 4 is 0 Å². The quantitative estimate of drug-likeness (QED) is 0.693. The highest BCUT2D eigenvalue weighted by molar-refractivity contribution is 4.92. The van der Waals surface area contributed by atoms with Gasteiger partial charge in [0.2, 0.25) is 0 Å². The molecule has 1 rings (SSSR count). The highest BCUT2D eigenvalue weighted by Crippen LogP contribution is 1.99. The van der Waals surface area contributed by atoms with Gasteiger partial charge in [-0.25, -0.2) is 4.68 Å². The molecule has 0 amide bonds. The van der Waals surface area contributed by atoms with Crippen LogP contribution < -0.4 is 5.32 Å². The number of rotatable bonds is 7. The van der Waals surface area contributed by atoms with E-state index >= 15 is 0 Å². The van der Waals surface area contributed by atoms with E-state index in [9.17, 15) is 0 Å². The van der Waals surface area contributed by atoms with Crippen molar-refractivity contribution in [1.29, 1.82) is 0 Å². The number of nitrogens with one attached hydrogen (secondary N) is 1. The first-order valence-electron chi connectivity index (χ1n) is 5.53. The maximum atomic E-state index is 8.72. The van der Waals surface area contributed by atoms with E-state index in [1.807, 2.05) is 6.20 Å². The molecule has 0 atom stereocenters. The van der Waals surface area contributed by atoms with Gasteiger partial charge >= 0.3 is 0 Å². The number of aliphatic hydroxyl groups is 1. The molecule has 0 radical (unpaired) electrons. The third kappa shape index (κ3) is 3.97. The molecule has 0 fully saturated rings. The molecule has 0 saturated heterocycles. The molecule has 1 aromatic heterocycles. The zero-order valence-electron chi connectivity index (χ0n) is 9.48. The highest BCUT2D eigenvalue weighted by atomic mass is 16.3. The van der Waals surface area contributed by atoms with Crippen LogP contribution in [0.1, 0.15) is 32.4 Å². The van der Waals surface area contributed by atoms with Gasteiger partial charge < -0.3 is 10.4 Å². The van der Waals surface area contributed by atoms with Gasteiger partial charge in [-0.3, -0.25) is 0 Å². The highest BCUT2D eigenvalue weighted by Gasteiger charge is 2.04. The minimum absolute atomic E-state index is 0.1000. The second-order valence-electron chi connectivity index (χ2n) is 3.59. The summed E-state index contributed by atoms with van der Waals surface area (Å²) in [6, 6.07) is 0.549. The lowest BCUT2D eigenvalue weighted by Crippen LogP contribution is -2.27. The smallest absolute Gasteiger partial charge is 0.0964 e. The zero-order valence-corrected chi connectivity index (χ0v) is 9.48. The molecule has 5 nitrogen and oxygen atoms in total. The van der Waals surface area contributed by atoms with Gasteiger partial charge in [-0.15, -0.1) is 5.10 Å². The van der Waals surface area contributed by atoms with Crippen LogP contribution in [0.5, 0.6) is 0 Å². The number of hydrogen-bond donors (Lipinski definition) is 2. The monoisotopic (exact) mass is 212 g/mol. The molecule has 1 heterocycles. The third-order valence-corrected chi connectivity index (χ3v) is 2.47. The molecular formula is C10H20N4O. The zero-order chi connectivity index (χ0) is 11.1. The van der Waals surface area contributed by atoms with E-state index in [1.165, 1.54) is 0 Å². The summed E-state index contributed by atoms with van der Waals surface area (Å²) in [5.74, 6) is 0. The van der Waals surface area contributed by atoms with Crippen LogP contribution in [0.2, 0.25) is 0 Å². The molecule has 15 heavy (non-hydrogen) atoms. The first kappa shape index (κ1) is 12.1. The summed E-state index contributed by atoms with van der Waals surface area (Å²) in [6.07, 6.45) is 4.12. The first-order valence-corrected chi connectivity index (χ1v) is 5.53. The van der Waals surface area contributed by atoms with Gasteiger partial charge in [-0.2, -0.15) is 0 Å². The van der Waals surface area contributed by atoms with E-state index < -0.39 is 0 Å². The molecule has 86 valence electrons. The van der Waals surface area contributed by atoms with Crippen LogP contribution in [0, 0.1) is 0 Å². The lowest BCUT2D eigenvalue weighted by Gasteiger charge is -2.12. The normalized spacial score (nSPS) is 11.2. The summed E-state index contributed by atoms with van der Waals surface area (Å²) in [5.41, 5.74) is 0.926. The lowest BCUT2D eigenvalue weighted by molar-refractivity contribution is 0.268. The van der Waals surface area contributed by atoms with Crippen LogP contribution in [0.15, 0.2) is 6.20 Å². The topological polar surface area (TPSA) is 63.0 Å². The third-order valence-electron chi connectivity index (χ3n) is 2.47. The van der Waals surface area contributed by atoms with Crippen molar-refractivity contribution in [3.63, 3.8) is 0 Å². The van der Waals surface area contributed by atoms with Crippen LogP contribution in [0.25, 0.3) is 0 Å². The fourth-order valence-corrected chi connectivity index (χ4v) is 1.46. The molecular weight excluding hydrogens is 192 g/mol. The van der Waals surface area contributed by atoms with E-state index in [-0.39, 0.29) is 6.61 Å². The van der Waals surface area contributed by atoms with E-state index in [4.69, 9.17) is 5.11 Å². The van der Waals surface area contributed by atoms with Gasteiger partial charge in [-0.1, -0.05) is 19.1 Å².